The average Bonchev–Trinajstić information content (AvgIpc) is 2.61. The van der Waals surface area contributed by atoms with Crippen LogP contribution in [0.2, 0.25) is 0 Å². The van der Waals surface area contributed by atoms with E-state index in [1.165, 1.54) is 0 Å². The zero-order chi connectivity index (χ0) is 19.9. The number of pyridine rings is 1. The first-order chi connectivity index (χ1) is 12.8. The van der Waals surface area contributed by atoms with Gasteiger partial charge in [-0.3, -0.25) is 0 Å². The number of nitrogens with one attached hydrogen (secondary N) is 1. The van der Waals surface area contributed by atoms with Crippen molar-refractivity contribution >= 4 is 17.7 Å². The summed E-state index contributed by atoms with van der Waals surface area (Å²) in [7, 11) is 0. The average molecular weight is 377 g/mol. The Morgan fingerprint density at radius 3 is 2.74 bits per heavy atom. The highest BCUT2D eigenvalue weighted by atomic mass is 16.6. The first-order valence-corrected chi connectivity index (χ1v) is 9.66. The van der Waals surface area contributed by atoms with E-state index in [-0.39, 0.29) is 12.1 Å². The lowest BCUT2D eigenvalue weighted by Gasteiger charge is -2.34. The van der Waals surface area contributed by atoms with Gasteiger partial charge in [0.05, 0.1) is 18.5 Å². The number of amides is 1. The van der Waals surface area contributed by atoms with E-state index in [2.05, 4.69) is 10.3 Å². The summed E-state index contributed by atoms with van der Waals surface area (Å²) in [6, 6.07) is 3.59. The molecule has 0 bridgehead atoms. The van der Waals surface area contributed by atoms with Crippen LogP contribution in [0.1, 0.15) is 63.9 Å². The highest BCUT2D eigenvalue weighted by Crippen LogP contribution is 2.18. The maximum Gasteiger partial charge on any atom is 0.410 e. The molecule has 7 nitrogen and oxygen atoms in total. The van der Waals surface area contributed by atoms with E-state index in [1.54, 1.807) is 17.2 Å². The standard InChI is InChI=1S/C20H31N3O4/c1-5-6-12-26-18(24)17-10-9-15(13-21-17)22-16-8-7-11-23(14-16)19(25)27-20(2,3)4/h9-10,13,16,22H,5-8,11-12,14H2,1-4H3/t16-/m1/s1. The minimum absolute atomic E-state index is 0.121. The van der Waals surface area contributed by atoms with Gasteiger partial charge in [0.1, 0.15) is 11.3 Å². The molecule has 0 radical (unpaired) electrons. The third-order valence-corrected chi connectivity index (χ3v) is 4.15. The Bertz CT molecular complexity index is 625. The molecule has 0 aliphatic carbocycles. The molecule has 0 spiro atoms. The van der Waals surface area contributed by atoms with Crippen molar-refractivity contribution in [2.24, 2.45) is 0 Å². The molecule has 7 heteroatoms. The molecule has 1 aromatic heterocycles. The number of esters is 1. The lowest BCUT2D eigenvalue weighted by atomic mass is 10.1. The summed E-state index contributed by atoms with van der Waals surface area (Å²) in [5.41, 5.74) is 0.620. The van der Waals surface area contributed by atoms with Crippen molar-refractivity contribution in [2.75, 3.05) is 25.0 Å². The summed E-state index contributed by atoms with van der Waals surface area (Å²) in [5.74, 6) is -0.399. The number of likely N-dealkylation sites (tertiary alicyclic amines) is 1. The van der Waals surface area contributed by atoms with Crippen molar-refractivity contribution in [2.45, 2.75) is 65.0 Å². The van der Waals surface area contributed by atoms with Gasteiger partial charge in [-0.25, -0.2) is 14.6 Å². The van der Waals surface area contributed by atoms with E-state index in [0.29, 0.717) is 25.4 Å². The van der Waals surface area contributed by atoms with Gasteiger partial charge in [0.15, 0.2) is 0 Å². The van der Waals surface area contributed by atoms with E-state index >= 15 is 0 Å². The third kappa shape index (κ3) is 7.07. The zero-order valence-corrected chi connectivity index (χ0v) is 16.8. The van der Waals surface area contributed by atoms with E-state index in [0.717, 1.165) is 31.4 Å². The van der Waals surface area contributed by atoms with E-state index in [1.807, 2.05) is 33.8 Å². The summed E-state index contributed by atoms with van der Waals surface area (Å²) >= 11 is 0. The molecule has 1 fully saturated rings. The summed E-state index contributed by atoms with van der Waals surface area (Å²) in [6.45, 7) is 9.34. The Hall–Kier alpha value is -2.31. The van der Waals surface area contributed by atoms with Gasteiger partial charge in [-0.15, -0.1) is 0 Å². The Morgan fingerprint density at radius 2 is 2.11 bits per heavy atom. The van der Waals surface area contributed by atoms with Crippen LogP contribution in [0.5, 0.6) is 0 Å². The smallest absolute Gasteiger partial charge is 0.410 e. The number of carbonyl (C=O) groups excluding carboxylic acids is 2. The number of hydrogen-bond acceptors (Lipinski definition) is 6. The highest BCUT2D eigenvalue weighted by molar-refractivity contribution is 5.87. The molecular formula is C20H31N3O4. The molecule has 0 saturated carbocycles. The largest absolute Gasteiger partial charge is 0.461 e. The van der Waals surface area contributed by atoms with Crippen LogP contribution in [-0.2, 0) is 9.47 Å². The Labute approximate surface area is 161 Å². The van der Waals surface area contributed by atoms with Crippen molar-refractivity contribution in [3.05, 3.63) is 24.0 Å². The summed E-state index contributed by atoms with van der Waals surface area (Å²) < 4.78 is 10.6. The molecule has 2 heterocycles. The zero-order valence-electron chi connectivity index (χ0n) is 16.8. The van der Waals surface area contributed by atoms with Gasteiger partial charge in [-0.1, -0.05) is 13.3 Å². The number of piperidine rings is 1. The molecule has 0 unspecified atom stereocenters. The topological polar surface area (TPSA) is 80.8 Å². The number of unbranched alkanes of at least 4 members (excludes halogenated alkanes) is 1. The van der Waals surface area contributed by atoms with Gasteiger partial charge < -0.3 is 19.7 Å². The van der Waals surface area contributed by atoms with Gasteiger partial charge in [0.2, 0.25) is 0 Å². The third-order valence-electron chi connectivity index (χ3n) is 4.15. The van der Waals surface area contributed by atoms with E-state index in [9.17, 15) is 9.59 Å². The molecule has 1 N–H and O–H groups in total. The van der Waals surface area contributed by atoms with Crippen molar-refractivity contribution in [1.29, 1.82) is 0 Å². The van der Waals surface area contributed by atoms with Gasteiger partial charge >= 0.3 is 12.1 Å². The predicted octanol–water partition coefficient (Wildman–Crippen LogP) is 3.85. The first-order valence-electron chi connectivity index (χ1n) is 9.66. The first kappa shape index (κ1) is 21.0. The molecule has 1 aromatic rings. The van der Waals surface area contributed by atoms with Crippen LogP contribution >= 0.6 is 0 Å². The molecule has 1 amide bonds. The van der Waals surface area contributed by atoms with Crippen molar-refractivity contribution < 1.29 is 19.1 Å². The predicted molar refractivity (Wildman–Crippen MR) is 104 cm³/mol. The van der Waals surface area contributed by atoms with Crippen molar-refractivity contribution in [1.82, 2.24) is 9.88 Å². The minimum Gasteiger partial charge on any atom is -0.461 e. The van der Waals surface area contributed by atoms with E-state index in [4.69, 9.17) is 9.47 Å². The fourth-order valence-corrected chi connectivity index (χ4v) is 2.81. The van der Waals surface area contributed by atoms with Gasteiger partial charge in [0.25, 0.3) is 0 Å². The number of carbonyl (C=O) groups is 2. The lowest BCUT2D eigenvalue weighted by Crippen LogP contribution is -2.47. The number of ether oxygens (including phenoxy) is 2. The molecular weight excluding hydrogens is 346 g/mol. The summed E-state index contributed by atoms with van der Waals surface area (Å²) in [5, 5.41) is 3.38. The maximum atomic E-state index is 12.3. The number of hydrogen-bond donors (Lipinski definition) is 1. The Morgan fingerprint density at radius 1 is 1.33 bits per heavy atom. The van der Waals surface area contributed by atoms with Crippen molar-refractivity contribution in [3.63, 3.8) is 0 Å². The number of anilines is 1. The van der Waals surface area contributed by atoms with Crippen LogP contribution < -0.4 is 5.32 Å². The van der Waals surface area contributed by atoms with Gasteiger partial charge in [0, 0.05) is 19.1 Å². The Kier molecular flexibility index (Phi) is 7.45. The lowest BCUT2D eigenvalue weighted by molar-refractivity contribution is 0.0206. The minimum atomic E-state index is -0.497. The van der Waals surface area contributed by atoms with Crippen LogP contribution in [0.15, 0.2) is 18.3 Å². The van der Waals surface area contributed by atoms with Crippen LogP contribution in [0.4, 0.5) is 10.5 Å². The van der Waals surface area contributed by atoms with E-state index < -0.39 is 11.6 Å². The molecule has 1 atom stereocenters. The normalized spacial score (nSPS) is 17.3. The molecule has 1 aliphatic rings. The van der Waals surface area contributed by atoms with Crippen LogP contribution in [0.25, 0.3) is 0 Å². The van der Waals surface area contributed by atoms with Gasteiger partial charge in [-0.05, 0) is 52.2 Å². The monoisotopic (exact) mass is 377 g/mol. The second-order valence-electron chi connectivity index (χ2n) is 7.83. The molecule has 1 aliphatic heterocycles. The number of nitrogens with zero attached hydrogens (tertiary/aromatic N) is 2. The second-order valence-corrected chi connectivity index (χ2v) is 7.83. The second kappa shape index (κ2) is 9.58. The Balaban J connectivity index is 1.87. The fourth-order valence-electron chi connectivity index (χ4n) is 2.81. The molecule has 1 saturated heterocycles. The van der Waals surface area contributed by atoms with Gasteiger partial charge in [-0.2, -0.15) is 0 Å². The van der Waals surface area contributed by atoms with Crippen LogP contribution in [0, 0.1) is 0 Å². The SMILES string of the molecule is CCCCOC(=O)c1ccc(N[C@@H]2CCCN(C(=O)OC(C)(C)C)C2)cn1. The fraction of sp³-hybridized carbons (Fsp3) is 0.650. The molecule has 2 rings (SSSR count). The molecule has 27 heavy (non-hydrogen) atoms. The van der Waals surface area contributed by atoms with Crippen LogP contribution in [0.3, 0.4) is 0 Å². The maximum absolute atomic E-state index is 12.3. The number of aromatic nitrogens is 1. The highest BCUT2D eigenvalue weighted by Gasteiger charge is 2.27. The summed E-state index contributed by atoms with van der Waals surface area (Å²) in [4.78, 5) is 30.1. The number of rotatable bonds is 6. The van der Waals surface area contributed by atoms with Crippen molar-refractivity contribution in [3.8, 4) is 0 Å². The summed E-state index contributed by atoms with van der Waals surface area (Å²) in [6.07, 6.45) is 5.04. The molecule has 0 aromatic carbocycles. The van der Waals surface area contributed by atoms with Crippen LogP contribution in [-0.4, -0.2) is 53.3 Å². The quantitative estimate of drug-likeness (QED) is 0.599. The molecule has 150 valence electrons.